The highest BCUT2D eigenvalue weighted by Crippen LogP contribution is 2.19. The van der Waals surface area contributed by atoms with Crippen LogP contribution < -0.4 is 4.72 Å². The lowest BCUT2D eigenvalue weighted by Gasteiger charge is -2.17. The van der Waals surface area contributed by atoms with Crippen molar-refractivity contribution in [1.29, 1.82) is 0 Å². The van der Waals surface area contributed by atoms with Gasteiger partial charge in [0.25, 0.3) is 0 Å². The summed E-state index contributed by atoms with van der Waals surface area (Å²) in [5, 5.41) is 9.18. The average molecular weight is 271 g/mol. The molecular formula is C12H17NO4S. The molecule has 1 saturated heterocycles. The SMILES string of the molecule is CC1OCCC1NS(=O)(=O)c1ccccc1CO. The van der Waals surface area contributed by atoms with E-state index in [1.165, 1.54) is 6.07 Å². The van der Waals surface area contributed by atoms with Gasteiger partial charge in [0, 0.05) is 6.61 Å². The summed E-state index contributed by atoms with van der Waals surface area (Å²) >= 11 is 0. The van der Waals surface area contributed by atoms with Crippen LogP contribution in [0.2, 0.25) is 0 Å². The van der Waals surface area contributed by atoms with Gasteiger partial charge >= 0.3 is 0 Å². The summed E-state index contributed by atoms with van der Waals surface area (Å²) in [4.78, 5) is 0.131. The summed E-state index contributed by atoms with van der Waals surface area (Å²) in [5.41, 5.74) is 0.400. The van der Waals surface area contributed by atoms with Crippen molar-refractivity contribution in [3.63, 3.8) is 0 Å². The topological polar surface area (TPSA) is 75.6 Å². The van der Waals surface area contributed by atoms with Crippen molar-refractivity contribution in [3.8, 4) is 0 Å². The van der Waals surface area contributed by atoms with Gasteiger partial charge in [-0.3, -0.25) is 0 Å². The maximum absolute atomic E-state index is 12.2. The normalized spacial score (nSPS) is 24.3. The van der Waals surface area contributed by atoms with E-state index in [2.05, 4.69) is 4.72 Å². The molecule has 100 valence electrons. The summed E-state index contributed by atoms with van der Waals surface area (Å²) in [6, 6.07) is 6.23. The number of ether oxygens (including phenoxy) is 1. The summed E-state index contributed by atoms with van der Waals surface area (Å²) < 4.78 is 32.4. The molecule has 2 atom stereocenters. The zero-order valence-electron chi connectivity index (χ0n) is 10.2. The molecule has 1 aromatic carbocycles. The molecule has 2 unspecified atom stereocenters. The Kier molecular flexibility index (Phi) is 4.01. The standard InChI is InChI=1S/C12H17NO4S/c1-9-11(6-7-17-9)13-18(15,16)12-5-3-2-4-10(12)8-14/h2-5,9,11,13-14H,6-8H2,1H3. The largest absolute Gasteiger partial charge is 0.392 e. The smallest absolute Gasteiger partial charge is 0.241 e. The van der Waals surface area contributed by atoms with Crippen molar-refractivity contribution < 1.29 is 18.3 Å². The molecule has 18 heavy (non-hydrogen) atoms. The first-order valence-electron chi connectivity index (χ1n) is 5.87. The highest BCUT2D eigenvalue weighted by molar-refractivity contribution is 7.89. The predicted molar refractivity (Wildman–Crippen MR) is 66.5 cm³/mol. The lowest BCUT2D eigenvalue weighted by Crippen LogP contribution is -2.39. The summed E-state index contributed by atoms with van der Waals surface area (Å²) in [6.45, 7) is 2.11. The Hall–Kier alpha value is -0.950. The molecule has 0 amide bonds. The quantitative estimate of drug-likeness (QED) is 0.842. The number of hydrogen-bond donors (Lipinski definition) is 2. The third kappa shape index (κ3) is 2.72. The van der Waals surface area contributed by atoms with Gasteiger partial charge in [0.1, 0.15) is 0 Å². The molecule has 0 saturated carbocycles. The highest BCUT2D eigenvalue weighted by atomic mass is 32.2. The monoisotopic (exact) mass is 271 g/mol. The molecule has 5 nitrogen and oxygen atoms in total. The minimum atomic E-state index is -3.61. The number of benzene rings is 1. The van der Waals surface area contributed by atoms with Crippen molar-refractivity contribution in [2.45, 2.75) is 37.0 Å². The van der Waals surface area contributed by atoms with Crippen LogP contribution in [-0.2, 0) is 21.4 Å². The molecular weight excluding hydrogens is 254 g/mol. The number of aliphatic hydroxyl groups excluding tert-OH is 1. The minimum Gasteiger partial charge on any atom is -0.392 e. The molecule has 0 bridgehead atoms. The van der Waals surface area contributed by atoms with Crippen LogP contribution in [0.4, 0.5) is 0 Å². The molecule has 1 aromatic rings. The van der Waals surface area contributed by atoms with Crippen molar-refractivity contribution in [1.82, 2.24) is 4.72 Å². The van der Waals surface area contributed by atoms with Crippen LogP contribution in [0.25, 0.3) is 0 Å². The predicted octanol–water partition coefficient (Wildman–Crippen LogP) is 0.635. The molecule has 1 aliphatic heterocycles. The maximum Gasteiger partial charge on any atom is 0.241 e. The van der Waals surface area contributed by atoms with E-state index in [9.17, 15) is 13.5 Å². The van der Waals surface area contributed by atoms with Gasteiger partial charge in [0.2, 0.25) is 10.0 Å². The molecule has 1 heterocycles. The van der Waals surface area contributed by atoms with Crippen molar-refractivity contribution in [2.24, 2.45) is 0 Å². The van der Waals surface area contributed by atoms with Gasteiger partial charge in [-0.15, -0.1) is 0 Å². The maximum atomic E-state index is 12.2. The second-order valence-corrected chi connectivity index (χ2v) is 6.04. The second-order valence-electron chi connectivity index (χ2n) is 4.36. The third-order valence-corrected chi connectivity index (χ3v) is 4.71. The van der Waals surface area contributed by atoms with Crippen molar-refractivity contribution >= 4 is 10.0 Å². The fourth-order valence-electron chi connectivity index (χ4n) is 2.05. The second kappa shape index (κ2) is 5.36. The molecule has 2 N–H and O–H groups in total. The molecule has 2 rings (SSSR count). The molecule has 1 fully saturated rings. The Labute approximate surface area is 107 Å². The lowest BCUT2D eigenvalue weighted by molar-refractivity contribution is 0.117. The van der Waals surface area contributed by atoms with Gasteiger partial charge in [-0.1, -0.05) is 18.2 Å². The zero-order valence-corrected chi connectivity index (χ0v) is 11.0. The Morgan fingerprint density at radius 3 is 2.78 bits per heavy atom. The lowest BCUT2D eigenvalue weighted by atomic mass is 10.2. The molecule has 0 aromatic heterocycles. The number of hydrogen-bond acceptors (Lipinski definition) is 4. The Morgan fingerprint density at radius 1 is 1.44 bits per heavy atom. The average Bonchev–Trinajstić information content (AvgIpc) is 2.74. The van der Waals surface area contributed by atoms with E-state index in [0.29, 0.717) is 18.6 Å². The fourth-order valence-corrected chi connectivity index (χ4v) is 3.62. The van der Waals surface area contributed by atoms with Gasteiger partial charge in [-0.25, -0.2) is 13.1 Å². The van der Waals surface area contributed by atoms with Gasteiger partial charge in [-0.05, 0) is 25.0 Å². The number of rotatable bonds is 4. The van der Waals surface area contributed by atoms with E-state index in [1.54, 1.807) is 18.2 Å². The van der Waals surface area contributed by atoms with Crippen molar-refractivity contribution in [2.75, 3.05) is 6.61 Å². The first kappa shape index (κ1) is 13.5. The van der Waals surface area contributed by atoms with Gasteiger partial charge in [0.05, 0.1) is 23.6 Å². The molecule has 0 aliphatic carbocycles. The van der Waals surface area contributed by atoms with E-state index in [-0.39, 0.29) is 23.6 Å². The van der Waals surface area contributed by atoms with E-state index in [4.69, 9.17) is 4.74 Å². The first-order valence-corrected chi connectivity index (χ1v) is 7.35. The Balaban J connectivity index is 2.25. The van der Waals surface area contributed by atoms with E-state index >= 15 is 0 Å². The van der Waals surface area contributed by atoms with Gasteiger partial charge < -0.3 is 9.84 Å². The van der Waals surface area contributed by atoms with Crippen LogP contribution >= 0.6 is 0 Å². The Morgan fingerprint density at radius 2 is 2.17 bits per heavy atom. The number of sulfonamides is 1. The van der Waals surface area contributed by atoms with E-state index in [0.717, 1.165) is 0 Å². The van der Waals surface area contributed by atoms with E-state index < -0.39 is 10.0 Å². The molecule has 1 aliphatic rings. The minimum absolute atomic E-state index is 0.124. The highest BCUT2D eigenvalue weighted by Gasteiger charge is 2.29. The van der Waals surface area contributed by atoms with Gasteiger partial charge in [0.15, 0.2) is 0 Å². The molecule has 0 radical (unpaired) electrons. The Bertz CT molecular complexity index is 515. The van der Waals surface area contributed by atoms with Gasteiger partial charge in [-0.2, -0.15) is 0 Å². The summed E-state index contributed by atoms with van der Waals surface area (Å²) in [6.07, 6.45) is 0.544. The van der Waals surface area contributed by atoms with Crippen LogP contribution in [0.3, 0.4) is 0 Å². The first-order chi connectivity index (χ1) is 8.54. The van der Waals surface area contributed by atoms with Crippen LogP contribution in [0, 0.1) is 0 Å². The number of aliphatic hydroxyl groups is 1. The summed E-state index contributed by atoms with van der Waals surface area (Å²) in [7, 11) is -3.61. The third-order valence-electron chi connectivity index (χ3n) is 3.12. The van der Waals surface area contributed by atoms with E-state index in [1.807, 2.05) is 6.92 Å². The molecule has 6 heteroatoms. The molecule has 0 spiro atoms. The van der Waals surface area contributed by atoms with Crippen LogP contribution in [0.1, 0.15) is 18.9 Å². The van der Waals surface area contributed by atoms with Crippen LogP contribution in [-0.4, -0.2) is 32.3 Å². The van der Waals surface area contributed by atoms with Crippen LogP contribution in [0.15, 0.2) is 29.2 Å². The zero-order chi connectivity index (χ0) is 13.2. The van der Waals surface area contributed by atoms with Crippen molar-refractivity contribution in [3.05, 3.63) is 29.8 Å². The fraction of sp³-hybridized carbons (Fsp3) is 0.500. The summed E-state index contributed by atoms with van der Waals surface area (Å²) in [5.74, 6) is 0. The number of nitrogens with one attached hydrogen (secondary N) is 1. The van der Waals surface area contributed by atoms with Crippen LogP contribution in [0.5, 0.6) is 0 Å².